The van der Waals surface area contributed by atoms with E-state index < -0.39 is 18.0 Å². The van der Waals surface area contributed by atoms with Crippen LogP contribution in [-0.4, -0.2) is 47.3 Å². The highest BCUT2D eigenvalue weighted by atomic mass is 16.2. The Morgan fingerprint density at radius 3 is 2.39 bits per heavy atom. The normalized spacial score (nSPS) is 16.1. The van der Waals surface area contributed by atoms with E-state index in [1.54, 1.807) is 30.4 Å². The Morgan fingerprint density at radius 2 is 1.74 bits per heavy atom. The summed E-state index contributed by atoms with van der Waals surface area (Å²) in [6.07, 6.45) is 7.77. The van der Waals surface area contributed by atoms with Gasteiger partial charge in [0, 0.05) is 30.8 Å². The number of primary amides is 1. The summed E-state index contributed by atoms with van der Waals surface area (Å²) in [4.78, 5) is 51.5. The first-order chi connectivity index (χ1) is 18.4. The Bertz CT molecular complexity index is 1190. The zero-order valence-electron chi connectivity index (χ0n) is 21.1. The number of nitrogens with one attached hydrogen (secondary N) is 3. The third kappa shape index (κ3) is 8.48. The molecule has 0 aliphatic carbocycles. The third-order valence-electron chi connectivity index (χ3n) is 5.97. The van der Waals surface area contributed by atoms with Crippen LogP contribution in [0.2, 0.25) is 0 Å². The molecule has 2 aromatic carbocycles. The van der Waals surface area contributed by atoms with Gasteiger partial charge in [-0.2, -0.15) is 0 Å². The van der Waals surface area contributed by atoms with Crippen molar-refractivity contribution in [3.63, 3.8) is 0 Å². The van der Waals surface area contributed by atoms with E-state index in [9.17, 15) is 19.2 Å². The van der Waals surface area contributed by atoms with Crippen LogP contribution in [0.25, 0.3) is 0 Å². The molecule has 3 rings (SSSR count). The summed E-state index contributed by atoms with van der Waals surface area (Å²) < 4.78 is 0. The van der Waals surface area contributed by atoms with Crippen molar-refractivity contribution in [3.05, 3.63) is 103 Å². The molecule has 198 valence electrons. The maximum Gasteiger partial charge on any atom is 0.322 e. The number of urea groups is 1. The number of likely N-dealkylation sites (tertiary alicyclic amines) is 1. The zero-order valence-corrected chi connectivity index (χ0v) is 21.1. The molecule has 1 fully saturated rings. The monoisotopic (exact) mass is 515 g/mol. The minimum Gasteiger partial charge on any atom is -0.368 e. The highest BCUT2D eigenvalue weighted by Gasteiger charge is 2.34. The molecule has 2 aromatic rings. The Hall–Kier alpha value is -4.66. The van der Waals surface area contributed by atoms with Crippen molar-refractivity contribution in [2.24, 2.45) is 5.73 Å². The van der Waals surface area contributed by atoms with Crippen LogP contribution in [0, 0.1) is 0 Å². The summed E-state index contributed by atoms with van der Waals surface area (Å²) in [7, 11) is 0. The van der Waals surface area contributed by atoms with E-state index >= 15 is 0 Å². The molecule has 1 heterocycles. The molecular formula is C29H33N5O4. The average Bonchev–Trinajstić information content (AvgIpc) is 3.40. The van der Waals surface area contributed by atoms with Gasteiger partial charge < -0.3 is 26.6 Å². The average molecular weight is 516 g/mol. The molecule has 0 spiro atoms. The van der Waals surface area contributed by atoms with Crippen LogP contribution >= 0.6 is 0 Å². The van der Waals surface area contributed by atoms with Gasteiger partial charge in [0.1, 0.15) is 12.1 Å². The Balaban J connectivity index is 1.55. The van der Waals surface area contributed by atoms with E-state index in [1.165, 1.54) is 11.0 Å². The van der Waals surface area contributed by atoms with Crippen molar-refractivity contribution < 1.29 is 19.2 Å². The van der Waals surface area contributed by atoms with Crippen LogP contribution < -0.4 is 21.7 Å². The van der Waals surface area contributed by atoms with Gasteiger partial charge in [0.2, 0.25) is 17.7 Å². The predicted molar refractivity (Wildman–Crippen MR) is 147 cm³/mol. The van der Waals surface area contributed by atoms with E-state index in [2.05, 4.69) is 22.5 Å². The smallest absolute Gasteiger partial charge is 0.322 e. The van der Waals surface area contributed by atoms with Crippen LogP contribution in [0.4, 0.5) is 10.5 Å². The zero-order chi connectivity index (χ0) is 27.3. The second-order valence-electron chi connectivity index (χ2n) is 8.81. The molecule has 9 nitrogen and oxygen atoms in total. The molecular weight excluding hydrogens is 482 g/mol. The second-order valence-corrected chi connectivity index (χ2v) is 8.81. The number of anilines is 1. The van der Waals surface area contributed by atoms with E-state index in [1.807, 2.05) is 48.5 Å². The lowest BCUT2D eigenvalue weighted by Crippen LogP contribution is -2.47. The molecule has 0 bridgehead atoms. The summed E-state index contributed by atoms with van der Waals surface area (Å²) in [6, 6.07) is 16.5. The topological polar surface area (TPSA) is 134 Å². The van der Waals surface area contributed by atoms with Crippen molar-refractivity contribution in [2.45, 2.75) is 37.8 Å². The highest BCUT2D eigenvalue weighted by molar-refractivity contribution is 5.94. The first-order valence-electron chi connectivity index (χ1n) is 12.4. The van der Waals surface area contributed by atoms with Crippen LogP contribution in [0.1, 0.15) is 24.8 Å². The number of allylic oxidation sites excluding steroid dienone is 3. The van der Waals surface area contributed by atoms with Gasteiger partial charge in [0.15, 0.2) is 0 Å². The van der Waals surface area contributed by atoms with Gasteiger partial charge in [0.25, 0.3) is 0 Å². The molecule has 1 saturated heterocycles. The quantitative estimate of drug-likeness (QED) is 0.342. The van der Waals surface area contributed by atoms with Crippen molar-refractivity contribution in [1.82, 2.24) is 15.5 Å². The molecule has 0 aromatic heterocycles. The van der Waals surface area contributed by atoms with Gasteiger partial charge in [-0.1, -0.05) is 67.3 Å². The second kappa shape index (κ2) is 14.2. The standard InChI is InChI=1S/C29H33N5O4/c1-2-11-22(16-9-18-26(35)33-24(27(30)36)20-21-12-5-3-6-13-21)31-28(37)25-17-10-19-34(25)29(38)32-23-14-7-4-8-15-23/h2-9,11-16,24-25H,1,10,17-20H2,(H2,30,36)(H,31,37)(H,32,38)(H,33,35)/b16-9-,22-11+. The molecule has 1 aliphatic rings. The molecule has 2 unspecified atom stereocenters. The number of hydrogen-bond donors (Lipinski definition) is 4. The minimum atomic E-state index is -0.837. The van der Waals surface area contributed by atoms with E-state index in [0.717, 1.165) is 5.56 Å². The lowest BCUT2D eigenvalue weighted by molar-refractivity contribution is -0.126. The summed E-state index contributed by atoms with van der Waals surface area (Å²) in [5, 5.41) is 8.28. The van der Waals surface area contributed by atoms with E-state index in [-0.39, 0.29) is 24.3 Å². The predicted octanol–water partition coefficient (Wildman–Crippen LogP) is 3.03. The van der Waals surface area contributed by atoms with Crippen molar-refractivity contribution in [1.29, 1.82) is 0 Å². The van der Waals surface area contributed by atoms with Gasteiger partial charge in [-0.25, -0.2) is 4.79 Å². The lowest BCUT2D eigenvalue weighted by atomic mass is 10.1. The number of carbonyl (C=O) groups is 4. The van der Waals surface area contributed by atoms with Gasteiger partial charge in [-0.05, 0) is 42.7 Å². The van der Waals surface area contributed by atoms with E-state index in [0.29, 0.717) is 37.2 Å². The first-order valence-corrected chi connectivity index (χ1v) is 12.4. The molecule has 0 saturated carbocycles. The van der Waals surface area contributed by atoms with Crippen LogP contribution in [0.3, 0.4) is 0 Å². The number of benzene rings is 2. The minimum absolute atomic E-state index is 0.0298. The molecule has 5 amide bonds. The molecule has 2 atom stereocenters. The Morgan fingerprint density at radius 1 is 1.05 bits per heavy atom. The number of carbonyl (C=O) groups excluding carboxylic acids is 4. The van der Waals surface area contributed by atoms with Crippen LogP contribution in [0.15, 0.2) is 97.2 Å². The van der Waals surface area contributed by atoms with Crippen molar-refractivity contribution in [2.75, 3.05) is 11.9 Å². The Labute approximate surface area is 222 Å². The molecule has 9 heteroatoms. The van der Waals surface area contributed by atoms with Crippen molar-refractivity contribution >= 4 is 29.4 Å². The van der Waals surface area contributed by atoms with Crippen molar-refractivity contribution in [3.8, 4) is 0 Å². The van der Waals surface area contributed by atoms with Crippen LogP contribution in [-0.2, 0) is 20.8 Å². The summed E-state index contributed by atoms with van der Waals surface area (Å²) >= 11 is 0. The molecule has 5 N–H and O–H groups in total. The van der Waals surface area contributed by atoms with Gasteiger partial charge in [-0.15, -0.1) is 0 Å². The largest absolute Gasteiger partial charge is 0.368 e. The lowest BCUT2D eigenvalue weighted by Gasteiger charge is -2.24. The summed E-state index contributed by atoms with van der Waals surface area (Å²) in [6.45, 7) is 4.14. The maximum absolute atomic E-state index is 13.0. The number of rotatable bonds is 11. The number of nitrogens with zero attached hydrogens (tertiary/aromatic N) is 1. The first kappa shape index (κ1) is 27.9. The fourth-order valence-electron chi connectivity index (χ4n) is 4.11. The van der Waals surface area contributed by atoms with Crippen LogP contribution in [0.5, 0.6) is 0 Å². The highest BCUT2D eigenvalue weighted by Crippen LogP contribution is 2.19. The summed E-state index contributed by atoms with van der Waals surface area (Å²) in [5.41, 5.74) is 7.42. The fraction of sp³-hybridized carbons (Fsp3) is 0.241. The van der Waals surface area contributed by atoms with Gasteiger partial charge in [0.05, 0.1) is 0 Å². The Kier molecular flexibility index (Phi) is 10.4. The third-order valence-corrected chi connectivity index (χ3v) is 5.97. The number of para-hydroxylation sites is 1. The number of nitrogens with two attached hydrogens (primary N) is 1. The van der Waals surface area contributed by atoms with E-state index in [4.69, 9.17) is 5.73 Å². The molecule has 38 heavy (non-hydrogen) atoms. The molecule has 1 aliphatic heterocycles. The van der Waals surface area contributed by atoms with Gasteiger partial charge in [-0.3, -0.25) is 14.4 Å². The number of hydrogen-bond acceptors (Lipinski definition) is 4. The maximum atomic E-state index is 13.0. The molecule has 0 radical (unpaired) electrons. The van der Waals surface area contributed by atoms with Gasteiger partial charge >= 0.3 is 6.03 Å². The SMILES string of the molecule is C=C/C=C(\C=C/CC(=O)NC(Cc1ccccc1)C(N)=O)NC(=O)C1CCCN1C(=O)Nc1ccccc1. The number of amides is 5. The summed E-state index contributed by atoms with van der Waals surface area (Å²) in [5.74, 6) is -1.34. The fourth-order valence-corrected chi connectivity index (χ4v) is 4.11.